The number of aromatic nitrogens is 2. The predicted octanol–water partition coefficient (Wildman–Crippen LogP) is 3.26. The molecule has 0 aliphatic carbocycles. The van der Waals surface area contributed by atoms with Gasteiger partial charge in [0.25, 0.3) is 0 Å². The van der Waals surface area contributed by atoms with E-state index in [9.17, 15) is 4.39 Å². The molecule has 0 saturated heterocycles. The molecule has 1 aromatic carbocycles. The SMILES string of the molecule is CCCn1c(CCCCCN)nc2ccc(F)cc21. The van der Waals surface area contributed by atoms with Crippen molar-refractivity contribution < 1.29 is 4.39 Å². The van der Waals surface area contributed by atoms with Gasteiger partial charge in [-0.1, -0.05) is 13.3 Å². The monoisotopic (exact) mass is 263 g/mol. The van der Waals surface area contributed by atoms with Gasteiger partial charge in [0.2, 0.25) is 0 Å². The number of nitrogens with zero attached hydrogens (tertiary/aromatic N) is 2. The van der Waals surface area contributed by atoms with Crippen LogP contribution in [0.4, 0.5) is 4.39 Å². The van der Waals surface area contributed by atoms with Gasteiger partial charge in [0, 0.05) is 13.0 Å². The van der Waals surface area contributed by atoms with Crippen LogP contribution < -0.4 is 5.73 Å². The third-order valence-corrected chi connectivity index (χ3v) is 3.34. The van der Waals surface area contributed by atoms with Gasteiger partial charge < -0.3 is 10.3 Å². The molecule has 3 nitrogen and oxygen atoms in total. The molecule has 4 heteroatoms. The first-order valence-corrected chi connectivity index (χ1v) is 7.11. The Morgan fingerprint density at radius 3 is 2.84 bits per heavy atom. The summed E-state index contributed by atoms with van der Waals surface area (Å²) in [5.74, 6) is 0.874. The second-order valence-electron chi connectivity index (χ2n) is 4.91. The quantitative estimate of drug-likeness (QED) is 0.779. The van der Waals surface area contributed by atoms with E-state index in [0.29, 0.717) is 0 Å². The summed E-state index contributed by atoms with van der Waals surface area (Å²) in [6.07, 6.45) is 5.24. The van der Waals surface area contributed by atoms with Crippen molar-refractivity contribution in [1.82, 2.24) is 9.55 Å². The minimum absolute atomic E-state index is 0.195. The Labute approximate surface area is 113 Å². The molecule has 104 valence electrons. The maximum atomic E-state index is 13.4. The molecular formula is C15H22FN3. The van der Waals surface area contributed by atoms with E-state index in [0.717, 1.165) is 62.1 Å². The largest absolute Gasteiger partial charge is 0.330 e. The molecule has 1 heterocycles. The number of imidazole rings is 1. The number of rotatable bonds is 7. The van der Waals surface area contributed by atoms with Gasteiger partial charge in [-0.05, 0) is 44.0 Å². The Hall–Kier alpha value is -1.42. The zero-order valence-electron chi connectivity index (χ0n) is 11.5. The van der Waals surface area contributed by atoms with Crippen LogP contribution in [0, 0.1) is 5.82 Å². The van der Waals surface area contributed by atoms with Gasteiger partial charge >= 0.3 is 0 Å². The summed E-state index contributed by atoms with van der Waals surface area (Å²) in [5, 5.41) is 0. The molecular weight excluding hydrogens is 241 g/mol. The molecule has 19 heavy (non-hydrogen) atoms. The lowest BCUT2D eigenvalue weighted by Gasteiger charge is -2.07. The first-order valence-electron chi connectivity index (χ1n) is 7.11. The van der Waals surface area contributed by atoms with E-state index in [1.165, 1.54) is 6.07 Å². The summed E-state index contributed by atoms with van der Waals surface area (Å²) in [4.78, 5) is 4.64. The second kappa shape index (κ2) is 6.66. The van der Waals surface area contributed by atoms with Gasteiger partial charge in [0.15, 0.2) is 0 Å². The summed E-state index contributed by atoms with van der Waals surface area (Å²) in [6, 6.07) is 4.82. The minimum Gasteiger partial charge on any atom is -0.330 e. The fraction of sp³-hybridized carbons (Fsp3) is 0.533. The highest BCUT2D eigenvalue weighted by atomic mass is 19.1. The average Bonchev–Trinajstić information content (AvgIpc) is 2.73. The lowest BCUT2D eigenvalue weighted by Crippen LogP contribution is -2.04. The van der Waals surface area contributed by atoms with Crippen molar-refractivity contribution in [2.45, 2.75) is 45.6 Å². The summed E-state index contributed by atoms with van der Waals surface area (Å²) in [7, 11) is 0. The van der Waals surface area contributed by atoms with Gasteiger partial charge in [-0.25, -0.2) is 9.37 Å². The molecule has 2 aromatic rings. The van der Waals surface area contributed by atoms with Gasteiger partial charge in [-0.2, -0.15) is 0 Å². The van der Waals surface area contributed by atoms with Crippen LogP contribution in [0.15, 0.2) is 18.2 Å². The van der Waals surface area contributed by atoms with E-state index < -0.39 is 0 Å². The maximum Gasteiger partial charge on any atom is 0.125 e. The highest BCUT2D eigenvalue weighted by Crippen LogP contribution is 2.19. The van der Waals surface area contributed by atoms with Crippen LogP contribution in [-0.4, -0.2) is 16.1 Å². The number of benzene rings is 1. The zero-order chi connectivity index (χ0) is 13.7. The molecule has 0 radical (unpaired) electrons. The van der Waals surface area contributed by atoms with Crippen molar-refractivity contribution in [1.29, 1.82) is 0 Å². The third kappa shape index (κ3) is 3.32. The van der Waals surface area contributed by atoms with E-state index in [4.69, 9.17) is 5.73 Å². The van der Waals surface area contributed by atoms with Crippen LogP contribution >= 0.6 is 0 Å². The molecule has 1 aromatic heterocycles. The number of halogens is 1. The number of fused-ring (bicyclic) bond motifs is 1. The Morgan fingerprint density at radius 1 is 1.26 bits per heavy atom. The number of unbranched alkanes of at least 4 members (excludes halogenated alkanes) is 2. The highest BCUT2D eigenvalue weighted by molar-refractivity contribution is 5.76. The van der Waals surface area contributed by atoms with Crippen LogP contribution in [0.3, 0.4) is 0 Å². The maximum absolute atomic E-state index is 13.4. The average molecular weight is 263 g/mol. The highest BCUT2D eigenvalue weighted by Gasteiger charge is 2.10. The van der Waals surface area contributed by atoms with Crippen molar-refractivity contribution in [3.63, 3.8) is 0 Å². The van der Waals surface area contributed by atoms with Crippen LogP contribution in [0.5, 0.6) is 0 Å². The first-order chi connectivity index (χ1) is 9.26. The van der Waals surface area contributed by atoms with Crippen LogP contribution in [0.2, 0.25) is 0 Å². The van der Waals surface area contributed by atoms with Crippen molar-refractivity contribution in [2.24, 2.45) is 5.73 Å². The fourth-order valence-corrected chi connectivity index (χ4v) is 2.41. The molecule has 0 spiro atoms. The van der Waals surface area contributed by atoms with Crippen molar-refractivity contribution in [2.75, 3.05) is 6.54 Å². The Morgan fingerprint density at radius 2 is 2.11 bits per heavy atom. The van der Waals surface area contributed by atoms with Crippen LogP contribution in [0.25, 0.3) is 11.0 Å². The van der Waals surface area contributed by atoms with Crippen molar-refractivity contribution >= 4 is 11.0 Å². The Bertz CT molecular complexity index is 533. The molecule has 0 aliphatic rings. The normalized spacial score (nSPS) is 11.3. The van der Waals surface area contributed by atoms with Gasteiger partial charge in [-0.15, -0.1) is 0 Å². The summed E-state index contributed by atoms with van der Waals surface area (Å²) in [6.45, 7) is 3.77. The molecule has 0 bridgehead atoms. The van der Waals surface area contributed by atoms with Crippen LogP contribution in [-0.2, 0) is 13.0 Å². The van der Waals surface area contributed by atoms with Gasteiger partial charge in [-0.3, -0.25) is 0 Å². The minimum atomic E-state index is -0.195. The van der Waals surface area contributed by atoms with E-state index in [1.54, 1.807) is 12.1 Å². The van der Waals surface area contributed by atoms with Gasteiger partial charge in [0.05, 0.1) is 11.0 Å². The molecule has 0 saturated carbocycles. The van der Waals surface area contributed by atoms with Crippen LogP contribution in [0.1, 0.15) is 38.4 Å². The molecule has 0 fully saturated rings. The third-order valence-electron chi connectivity index (χ3n) is 3.34. The smallest absolute Gasteiger partial charge is 0.125 e. The summed E-state index contributed by atoms with van der Waals surface area (Å²) < 4.78 is 15.5. The summed E-state index contributed by atoms with van der Waals surface area (Å²) >= 11 is 0. The second-order valence-corrected chi connectivity index (χ2v) is 4.91. The topological polar surface area (TPSA) is 43.8 Å². The van der Waals surface area contributed by atoms with E-state index in [2.05, 4.69) is 16.5 Å². The summed E-state index contributed by atoms with van der Waals surface area (Å²) in [5.41, 5.74) is 7.31. The van der Waals surface area contributed by atoms with Crippen molar-refractivity contribution in [3.05, 3.63) is 29.8 Å². The van der Waals surface area contributed by atoms with E-state index in [-0.39, 0.29) is 5.82 Å². The number of aryl methyl sites for hydroxylation is 2. The molecule has 0 aliphatic heterocycles. The Kier molecular flexibility index (Phi) is 4.91. The number of hydrogen-bond acceptors (Lipinski definition) is 2. The number of hydrogen-bond donors (Lipinski definition) is 1. The van der Waals surface area contributed by atoms with Crippen molar-refractivity contribution in [3.8, 4) is 0 Å². The predicted molar refractivity (Wildman–Crippen MR) is 76.6 cm³/mol. The molecule has 0 unspecified atom stereocenters. The lowest BCUT2D eigenvalue weighted by atomic mass is 10.2. The zero-order valence-corrected chi connectivity index (χ0v) is 11.5. The fourth-order valence-electron chi connectivity index (χ4n) is 2.41. The standard InChI is InChI=1S/C15H22FN3/c1-2-10-19-14-11-12(16)7-8-13(14)18-15(19)6-4-3-5-9-17/h7-8,11H,2-6,9-10,17H2,1H3. The van der Waals surface area contributed by atoms with E-state index >= 15 is 0 Å². The number of nitrogens with two attached hydrogens (primary N) is 1. The molecule has 2 N–H and O–H groups in total. The Balaban J connectivity index is 2.23. The first kappa shape index (κ1) is 14.0. The van der Waals surface area contributed by atoms with E-state index in [1.807, 2.05) is 0 Å². The lowest BCUT2D eigenvalue weighted by molar-refractivity contribution is 0.609. The van der Waals surface area contributed by atoms with Gasteiger partial charge in [0.1, 0.15) is 11.6 Å². The molecule has 0 atom stereocenters. The molecule has 0 amide bonds. The molecule has 2 rings (SSSR count).